The number of aliphatic carboxylic acids is 1. The summed E-state index contributed by atoms with van der Waals surface area (Å²) in [7, 11) is 0. The molecular weight excluding hydrogens is 212 g/mol. The van der Waals surface area contributed by atoms with Crippen molar-refractivity contribution in [3.63, 3.8) is 0 Å². The molecule has 0 aliphatic heterocycles. The van der Waals surface area contributed by atoms with E-state index in [1.165, 1.54) is 0 Å². The molecule has 1 amide bonds. The third kappa shape index (κ3) is 4.05. The second-order valence-electron chi connectivity index (χ2n) is 3.19. The third-order valence-corrected chi connectivity index (χ3v) is 1.89. The molecule has 1 heterocycles. The van der Waals surface area contributed by atoms with Crippen LogP contribution in [0.15, 0.2) is 24.5 Å². The van der Waals surface area contributed by atoms with Crippen LogP contribution < -0.4 is 5.32 Å². The number of nitrogens with zero attached hydrogens (tertiary/aromatic N) is 1. The molecule has 0 bridgehead atoms. The molecule has 1 rings (SSSR count). The molecule has 6 nitrogen and oxygen atoms in total. The van der Waals surface area contributed by atoms with Crippen molar-refractivity contribution < 1.29 is 19.8 Å². The lowest BCUT2D eigenvalue weighted by molar-refractivity contribution is -0.146. The number of amides is 1. The zero-order valence-electron chi connectivity index (χ0n) is 8.46. The molecule has 1 aromatic heterocycles. The highest BCUT2D eigenvalue weighted by Crippen LogP contribution is 1.97. The van der Waals surface area contributed by atoms with E-state index in [1.807, 2.05) is 0 Å². The Morgan fingerprint density at radius 2 is 2.00 bits per heavy atom. The lowest BCUT2D eigenvalue weighted by Gasteiger charge is -2.07. The van der Waals surface area contributed by atoms with Gasteiger partial charge < -0.3 is 15.5 Å². The van der Waals surface area contributed by atoms with Crippen molar-refractivity contribution in [2.24, 2.45) is 0 Å². The van der Waals surface area contributed by atoms with E-state index in [4.69, 9.17) is 10.2 Å². The van der Waals surface area contributed by atoms with Crippen molar-refractivity contribution in [1.29, 1.82) is 0 Å². The number of carbonyl (C=O) groups is 2. The summed E-state index contributed by atoms with van der Waals surface area (Å²) in [6.45, 7) is -0.292. The van der Waals surface area contributed by atoms with E-state index in [2.05, 4.69) is 10.3 Å². The first-order chi connectivity index (χ1) is 7.59. The van der Waals surface area contributed by atoms with E-state index in [1.54, 1.807) is 24.5 Å². The topological polar surface area (TPSA) is 99.5 Å². The van der Waals surface area contributed by atoms with Crippen molar-refractivity contribution in [2.45, 2.75) is 12.5 Å². The van der Waals surface area contributed by atoms with Gasteiger partial charge in [0.2, 0.25) is 5.91 Å². The molecule has 0 aliphatic carbocycles. The Bertz CT molecular complexity index is 366. The highest BCUT2D eigenvalue weighted by molar-refractivity contribution is 5.79. The maximum atomic E-state index is 11.3. The number of rotatable bonds is 5. The van der Waals surface area contributed by atoms with Gasteiger partial charge in [-0.25, -0.2) is 4.79 Å². The molecule has 1 aromatic rings. The molecule has 3 N–H and O–H groups in total. The van der Waals surface area contributed by atoms with Crippen LogP contribution in [0.5, 0.6) is 0 Å². The van der Waals surface area contributed by atoms with Gasteiger partial charge >= 0.3 is 5.97 Å². The predicted molar refractivity (Wildman–Crippen MR) is 54.6 cm³/mol. The average Bonchev–Trinajstić information content (AvgIpc) is 2.27. The second-order valence-corrected chi connectivity index (χ2v) is 3.19. The predicted octanol–water partition coefficient (Wildman–Crippen LogP) is -0.814. The summed E-state index contributed by atoms with van der Waals surface area (Å²) >= 11 is 0. The number of aliphatic hydroxyl groups excluding tert-OH is 1. The molecule has 0 aromatic carbocycles. The fourth-order valence-electron chi connectivity index (χ4n) is 1.05. The number of pyridine rings is 1. The highest BCUT2D eigenvalue weighted by Gasteiger charge is 2.13. The lowest BCUT2D eigenvalue weighted by atomic mass is 10.2. The number of aliphatic hydroxyl groups is 1. The number of nitrogens with one attached hydrogen (secondary N) is 1. The number of hydrogen-bond acceptors (Lipinski definition) is 4. The normalized spacial score (nSPS) is 11.8. The SMILES string of the molecule is O=C(Cc1ccncc1)NCC(O)C(=O)O. The second kappa shape index (κ2) is 5.82. The zero-order chi connectivity index (χ0) is 12.0. The first-order valence-electron chi connectivity index (χ1n) is 4.66. The molecule has 86 valence electrons. The Labute approximate surface area is 91.9 Å². The minimum Gasteiger partial charge on any atom is -0.479 e. The summed E-state index contributed by atoms with van der Waals surface area (Å²) in [5.41, 5.74) is 0.775. The molecular formula is C10H12N2O4. The van der Waals surface area contributed by atoms with Crippen LogP contribution in [0, 0.1) is 0 Å². The van der Waals surface area contributed by atoms with Crippen LogP contribution in [0.4, 0.5) is 0 Å². The van der Waals surface area contributed by atoms with Gasteiger partial charge in [0.05, 0.1) is 13.0 Å². The van der Waals surface area contributed by atoms with Crippen LogP contribution in [0.25, 0.3) is 0 Å². The van der Waals surface area contributed by atoms with Crippen molar-refractivity contribution in [1.82, 2.24) is 10.3 Å². The summed E-state index contributed by atoms with van der Waals surface area (Å²) in [5, 5.41) is 19.6. The molecule has 0 spiro atoms. The number of hydrogen-bond donors (Lipinski definition) is 3. The van der Waals surface area contributed by atoms with Gasteiger partial charge in [-0.15, -0.1) is 0 Å². The van der Waals surface area contributed by atoms with Crippen molar-refractivity contribution >= 4 is 11.9 Å². The van der Waals surface area contributed by atoms with Gasteiger partial charge in [-0.05, 0) is 17.7 Å². The van der Waals surface area contributed by atoms with Crippen LogP contribution in [-0.2, 0) is 16.0 Å². The number of carboxylic acids is 1. The van der Waals surface area contributed by atoms with E-state index in [9.17, 15) is 9.59 Å². The summed E-state index contributed by atoms with van der Waals surface area (Å²) in [6.07, 6.45) is 1.69. The van der Waals surface area contributed by atoms with E-state index in [-0.39, 0.29) is 18.9 Å². The Hall–Kier alpha value is -1.95. The summed E-state index contributed by atoms with van der Waals surface area (Å²) in [6, 6.07) is 3.38. The van der Waals surface area contributed by atoms with Gasteiger partial charge in [0.25, 0.3) is 0 Å². The van der Waals surface area contributed by atoms with Crippen LogP contribution in [0.1, 0.15) is 5.56 Å². The van der Waals surface area contributed by atoms with Crippen molar-refractivity contribution in [3.8, 4) is 0 Å². The maximum Gasteiger partial charge on any atom is 0.334 e. The Morgan fingerprint density at radius 3 is 2.56 bits per heavy atom. The van der Waals surface area contributed by atoms with Crippen molar-refractivity contribution in [2.75, 3.05) is 6.54 Å². The fraction of sp³-hybridized carbons (Fsp3) is 0.300. The van der Waals surface area contributed by atoms with Crippen LogP contribution >= 0.6 is 0 Å². The monoisotopic (exact) mass is 224 g/mol. The summed E-state index contributed by atoms with van der Waals surface area (Å²) in [5.74, 6) is -1.70. The molecule has 6 heteroatoms. The van der Waals surface area contributed by atoms with Crippen LogP contribution in [-0.4, -0.2) is 39.7 Å². The largest absolute Gasteiger partial charge is 0.479 e. The average molecular weight is 224 g/mol. The van der Waals surface area contributed by atoms with Crippen molar-refractivity contribution in [3.05, 3.63) is 30.1 Å². The smallest absolute Gasteiger partial charge is 0.334 e. The van der Waals surface area contributed by atoms with Gasteiger partial charge in [-0.3, -0.25) is 9.78 Å². The minimum atomic E-state index is -1.57. The summed E-state index contributed by atoms with van der Waals surface area (Å²) < 4.78 is 0. The first-order valence-corrected chi connectivity index (χ1v) is 4.66. The fourth-order valence-corrected chi connectivity index (χ4v) is 1.05. The van der Waals surface area contributed by atoms with Gasteiger partial charge in [0, 0.05) is 12.4 Å². The lowest BCUT2D eigenvalue weighted by Crippen LogP contribution is -2.37. The van der Waals surface area contributed by atoms with Crippen LogP contribution in [0.3, 0.4) is 0 Å². The minimum absolute atomic E-state index is 0.134. The first kappa shape index (κ1) is 12.1. The molecule has 0 aliphatic rings. The standard InChI is InChI=1S/C10H12N2O4/c13-8(10(15)16)6-12-9(14)5-7-1-3-11-4-2-7/h1-4,8,13H,5-6H2,(H,12,14)(H,15,16). The molecule has 0 radical (unpaired) electrons. The quantitative estimate of drug-likeness (QED) is 0.607. The molecule has 0 saturated carbocycles. The Balaban J connectivity index is 2.35. The van der Waals surface area contributed by atoms with Gasteiger partial charge in [-0.1, -0.05) is 0 Å². The third-order valence-electron chi connectivity index (χ3n) is 1.89. The van der Waals surface area contributed by atoms with Gasteiger partial charge in [0.15, 0.2) is 6.10 Å². The van der Waals surface area contributed by atoms with E-state index in [0.717, 1.165) is 5.56 Å². The van der Waals surface area contributed by atoms with Gasteiger partial charge in [0.1, 0.15) is 0 Å². The highest BCUT2D eigenvalue weighted by atomic mass is 16.4. The van der Waals surface area contributed by atoms with Crippen LogP contribution in [0.2, 0.25) is 0 Å². The van der Waals surface area contributed by atoms with E-state index >= 15 is 0 Å². The van der Waals surface area contributed by atoms with E-state index < -0.39 is 12.1 Å². The zero-order valence-corrected chi connectivity index (χ0v) is 8.46. The molecule has 0 fully saturated rings. The Morgan fingerprint density at radius 1 is 1.38 bits per heavy atom. The van der Waals surface area contributed by atoms with E-state index in [0.29, 0.717) is 0 Å². The molecule has 16 heavy (non-hydrogen) atoms. The number of carboxylic acid groups (broad SMARTS) is 1. The molecule has 1 unspecified atom stereocenters. The summed E-state index contributed by atoms with van der Waals surface area (Å²) in [4.78, 5) is 25.4. The number of aromatic nitrogens is 1. The molecule has 0 saturated heterocycles. The molecule has 1 atom stereocenters. The Kier molecular flexibility index (Phi) is 4.41. The van der Waals surface area contributed by atoms with Gasteiger partial charge in [-0.2, -0.15) is 0 Å². The maximum absolute atomic E-state index is 11.3. The number of carbonyl (C=O) groups excluding carboxylic acids is 1.